The van der Waals surface area contributed by atoms with Gasteiger partial charge in [0.1, 0.15) is 5.82 Å². The molecule has 0 spiro atoms. The predicted octanol–water partition coefficient (Wildman–Crippen LogP) is 4.39. The molecular formula is C19H15Cl2N5O2S. The fourth-order valence-electron chi connectivity index (χ4n) is 3.03. The molecule has 0 radical (unpaired) electrons. The van der Waals surface area contributed by atoms with Crippen molar-refractivity contribution in [2.45, 2.75) is 11.8 Å². The first kappa shape index (κ1) is 19.5. The van der Waals surface area contributed by atoms with Crippen molar-refractivity contribution in [1.29, 1.82) is 0 Å². The van der Waals surface area contributed by atoms with Crippen LogP contribution in [0.4, 0.5) is 11.5 Å². The second kappa shape index (κ2) is 7.22. The average molecular weight is 448 g/mol. The van der Waals surface area contributed by atoms with Crippen LogP contribution in [-0.4, -0.2) is 23.0 Å². The summed E-state index contributed by atoms with van der Waals surface area (Å²) >= 11 is 11.8. The minimum Gasteiger partial charge on any atom is -0.383 e. The molecule has 0 aliphatic carbocycles. The van der Waals surface area contributed by atoms with Crippen LogP contribution in [0.2, 0.25) is 10.0 Å². The number of hydrogen-bond acceptors (Lipinski definition) is 5. The molecule has 2 aromatic carbocycles. The zero-order valence-corrected chi connectivity index (χ0v) is 17.4. The summed E-state index contributed by atoms with van der Waals surface area (Å²) in [6.07, 6.45) is 3.29. The molecule has 2 aromatic heterocycles. The Kier molecular flexibility index (Phi) is 4.85. The molecule has 0 fully saturated rings. The molecule has 29 heavy (non-hydrogen) atoms. The van der Waals surface area contributed by atoms with E-state index in [9.17, 15) is 8.42 Å². The standard InChI is InChI=1S/C19H15Cl2N5O2S/c1-11-6-14(25-29(27,28)15-8-12(20)7-13(21)9-15)2-3-16(11)17-10-23-18-4-5-24-26(18)19(17)22/h2-10,25H,22H2,1H3. The molecule has 0 saturated carbocycles. The lowest BCUT2D eigenvalue weighted by Gasteiger charge is -2.13. The molecule has 7 nitrogen and oxygen atoms in total. The van der Waals surface area contributed by atoms with Gasteiger partial charge < -0.3 is 5.73 Å². The van der Waals surface area contributed by atoms with E-state index in [1.807, 2.05) is 6.92 Å². The van der Waals surface area contributed by atoms with Gasteiger partial charge >= 0.3 is 0 Å². The molecule has 10 heteroatoms. The molecule has 0 amide bonds. The highest BCUT2D eigenvalue weighted by atomic mass is 35.5. The highest BCUT2D eigenvalue weighted by Crippen LogP contribution is 2.31. The molecule has 4 rings (SSSR count). The summed E-state index contributed by atoms with van der Waals surface area (Å²) < 4.78 is 29.4. The van der Waals surface area contributed by atoms with Gasteiger partial charge in [-0.05, 0) is 48.4 Å². The number of benzene rings is 2. The van der Waals surface area contributed by atoms with Gasteiger partial charge in [-0.1, -0.05) is 29.3 Å². The maximum atomic E-state index is 12.7. The van der Waals surface area contributed by atoms with Crippen LogP contribution in [0.15, 0.2) is 59.8 Å². The normalized spacial score (nSPS) is 11.7. The topological polar surface area (TPSA) is 102 Å². The number of anilines is 2. The largest absolute Gasteiger partial charge is 0.383 e. The van der Waals surface area contributed by atoms with Crippen molar-refractivity contribution in [3.8, 4) is 11.1 Å². The molecule has 0 aliphatic heterocycles. The van der Waals surface area contributed by atoms with E-state index < -0.39 is 10.0 Å². The Morgan fingerprint density at radius 1 is 1.03 bits per heavy atom. The molecule has 2 heterocycles. The number of hydrogen-bond donors (Lipinski definition) is 2. The van der Waals surface area contributed by atoms with Crippen LogP contribution in [-0.2, 0) is 10.0 Å². The van der Waals surface area contributed by atoms with Crippen molar-refractivity contribution in [1.82, 2.24) is 14.6 Å². The Bertz CT molecular complexity index is 1330. The number of nitrogen functional groups attached to an aromatic ring is 1. The van der Waals surface area contributed by atoms with Crippen molar-refractivity contribution in [3.05, 3.63) is 70.5 Å². The summed E-state index contributed by atoms with van der Waals surface area (Å²) in [7, 11) is -3.85. The van der Waals surface area contributed by atoms with Crippen molar-refractivity contribution < 1.29 is 8.42 Å². The fraction of sp³-hybridized carbons (Fsp3) is 0.0526. The first-order valence-electron chi connectivity index (χ1n) is 8.43. The Hall–Kier alpha value is -2.81. The summed E-state index contributed by atoms with van der Waals surface area (Å²) in [5.74, 6) is 0.449. The molecule has 0 bridgehead atoms. The third kappa shape index (κ3) is 3.74. The summed E-state index contributed by atoms with van der Waals surface area (Å²) in [5, 5.41) is 4.64. The number of nitrogens with two attached hydrogens (primary N) is 1. The number of aromatic nitrogens is 3. The van der Waals surface area contributed by atoms with Crippen LogP contribution in [0.3, 0.4) is 0 Å². The Morgan fingerprint density at radius 3 is 2.45 bits per heavy atom. The molecule has 0 aliphatic rings. The SMILES string of the molecule is Cc1cc(NS(=O)(=O)c2cc(Cl)cc(Cl)c2)ccc1-c1cnc2ccnn2c1N. The van der Waals surface area contributed by atoms with Crippen molar-refractivity contribution in [2.24, 2.45) is 0 Å². The first-order chi connectivity index (χ1) is 13.7. The third-order valence-electron chi connectivity index (χ3n) is 4.37. The van der Waals surface area contributed by atoms with E-state index in [4.69, 9.17) is 28.9 Å². The van der Waals surface area contributed by atoms with E-state index in [0.29, 0.717) is 22.7 Å². The van der Waals surface area contributed by atoms with E-state index in [1.54, 1.807) is 41.2 Å². The maximum Gasteiger partial charge on any atom is 0.261 e. The summed E-state index contributed by atoms with van der Waals surface area (Å²) in [6, 6.07) is 11.0. The van der Waals surface area contributed by atoms with Crippen molar-refractivity contribution >= 4 is 50.4 Å². The first-order valence-corrected chi connectivity index (χ1v) is 10.7. The lowest BCUT2D eigenvalue weighted by Crippen LogP contribution is -2.13. The van der Waals surface area contributed by atoms with Gasteiger partial charge in [0.05, 0.1) is 11.1 Å². The fourth-order valence-corrected chi connectivity index (χ4v) is 4.80. The zero-order valence-electron chi connectivity index (χ0n) is 15.1. The quantitative estimate of drug-likeness (QED) is 0.482. The van der Waals surface area contributed by atoms with Crippen LogP contribution in [0.25, 0.3) is 16.8 Å². The second-order valence-electron chi connectivity index (χ2n) is 6.40. The highest BCUT2D eigenvalue weighted by Gasteiger charge is 2.17. The molecule has 3 N–H and O–H groups in total. The zero-order chi connectivity index (χ0) is 20.8. The summed E-state index contributed by atoms with van der Waals surface area (Å²) in [5.41, 5.74) is 9.61. The molecule has 0 atom stereocenters. The van der Waals surface area contributed by atoms with Crippen molar-refractivity contribution in [2.75, 3.05) is 10.5 Å². The van der Waals surface area contributed by atoms with Gasteiger partial charge in [0.25, 0.3) is 10.0 Å². The van der Waals surface area contributed by atoms with Gasteiger partial charge in [-0.25, -0.2) is 13.4 Å². The predicted molar refractivity (Wildman–Crippen MR) is 115 cm³/mol. The van der Waals surface area contributed by atoms with Crippen LogP contribution in [0, 0.1) is 6.92 Å². The van der Waals surface area contributed by atoms with Crippen LogP contribution in [0.5, 0.6) is 0 Å². The number of fused-ring (bicyclic) bond motifs is 1. The molecule has 148 valence electrons. The van der Waals surface area contributed by atoms with E-state index in [-0.39, 0.29) is 14.9 Å². The van der Waals surface area contributed by atoms with E-state index in [1.165, 1.54) is 18.2 Å². The van der Waals surface area contributed by atoms with Crippen LogP contribution < -0.4 is 10.5 Å². The Labute approximate surface area is 177 Å². The van der Waals surface area contributed by atoms with Crippen LogP contribution in [0.1, 0.15) is 5.56 Å². The highest BCUT2D eigenvalue weighted by molar-refractivity contribution is 7.92. The molecule has 0 unspecified atom stereocenters. The number of aryl methyl sites for hydroxylation is 1. The lowest BCUT2D eigenvalue weighted by atomic mass is 10.0. The monoisotopic (exact) mass is 447 g/mol. The molecule has 4 aromatic rings. The van der Waals surface area contributed by atoms with Gasteiger partial charge in [0.2, 0.25) is 0 Å². The number of sulfonamides is 1. The number of halogens is 2. The summed E-state index contributed by atoms with van der Waals surface area (Å²) in [6.45, 7) is 1.86. The molecular weight excluding hydrogens is 433 g/mol. The van der Waals surface area contributed by atoms with Gasteiger partial charge in [0.15, 0.2) is 5.65 Å². The van der Waals surface area contributed by atoms with Crippen molar-refractivity contribution in [3.63, 3.8) is 0 Å². The van der Waals surface area contributed by atoms with Gasteiger partial charge in [-0.15, -0.1) is 0 Å². The lowest BCUT2D eigenvalue weighted by molar-refractivity contribution is 0.601. The van der Waals surface area contributed by atoms with Gasteiger partial charge in [-0.2, -0.15) is 9.61 Å². The van der Waals surface area contributed by atoms with Gasteiger partial charge in [-0.3, -0.25) is 4.72 Å². The Morgan fingerprint density at radius 2 is 1.76 bits per heavy atom. The molecule has 0 saturated heterocycles. The Balaban J connectivity index is 1.69. The van der Waals surface area contributed by atoms with E-state index >= 15 is 0 Å². The average Bonchev–Trinajstić information content (AvgIpc) is 3.11. The van der Waals surface area contributed by atoms with E-state index in [0.717, 1.165) is 11.1 Å². The van der Waals surface area contributed by atoms with Gasteiger partial charge in [0, 0.05) is 33.6 Å². The minimum absolute atomic E-state index is 0.0192. The van der Waals surface area contributed by atoms with E-state index in [2.05, 4.69) is 14.8 Å². The number of nitrogens with one attached hydrogen (secondary N) is 1. The summed E-state index contributed by atoms with van der Waals surface area (Å²) in [4.78, 5) is 4.32. The van der Waals surface area contributed by atoms with Crippen LogP contribution >= 0.6 is 23.2 Å². The minimum atomic E-state index is -3.85. The third-order valence-corrected chi connectivity index (χ3v) is 6.17. The number of nitrogens with zero attached hydrogens (tertiary/aromatic N) is 3. The smallest absolute Gasteiger partial charge is 0.261 e. The second-order valence-corrected chi connectivity index (χ2v) is 8.95. The maximum absolute atomic E-state index is 12.7. The number of rotatable bonds is 4.